The molecule has 18 heavy (non-hydrogen) atoms. The molecule has 4 unspecified atom stereocenters. The molecule has 0 spiro atoms. The fourth-order valence-electron chi connectivity index (χ4n) is 4.39. The van der Waals surface area contributed by atoms with E-state index in [9.17, 15) is 0 Å². The monoisotopic (exact) mass is 240 g/mol. The Kier molecular flexibility index (Phi) is 2.02. The third kappa shape index (κ3) is 1.18. The summed E-state index contributed by atoms with van der Waals surface area (Å²) in [7, 11) is 0. The molecular weight excluding hydrogens is 220 g/mol. The van der Waals surface area contributed by atoms with Gasteiger partial charge in [-0.3, -0.25) is 0 Å². The number of hydrogen-bond acceptors (Lipinski definition) is 1. The van der Waals surface area contributed by atoms with Crippen molar-refractivity contribution in [3.05, 3.63) is 40.5 Å². The number of rotatable bonds is 0. The Morgan fingerprint density at radius 2 is 2.00 bits per heavy atom. The lowest BCUT2D eigenvalue weighted by atomic mass is 9.80. The Morgan fingerprint density at radius 1 is 1.22 bits per heavy atom. The lowest BCUT2D eigenvalue weighted by Gasteiger charge is -2.25. The Bertz CT molecular complexity index is 555. The molecule has 94 valence electrons. The lowest BCUT2D eigenvalue weighted by Crippen LogP contribution is -2.27. The van der Waals surface area contributed by atoms with Gasteiger partial charge in [-0.2, -0.15) is 0 Å². The van der Waals surface area contributed by atoms with Gasteiger partial charge in [0.1, 0.15) is 11.9 Å². The summed E-state index contributed by atoms with van der Waals surface area (Å²) in [5, 5.41) is 0. The van der Waals surface area contributed by atoms with Crippen LogP contribution in [0.25, 0.3) is 0 Å². The minimum absolute atomic E-state index is 0.436. The van der Waals surface area contributed by atoms with Gasteiger partial charge < -0.3 is 4.74 Å². The molecule has 1 heterocycles. The van der Waals surface area contributed by atoms with E-state index in [0.29, 0.717) is 17.9 Å². The molecule has 1 heteroatoms. The largest absolute Gasteiger partial charge is 0.489 e. The smallest absolute Gasteiger partial charge is 0.123 e. The van der Waals surface area contributed by atoms with Crippen LogP contribution >= 0.6 is 0 Å². The molecule has 4 rings (SSSR count). The van der Waals surface area contributed by atoms with Crippen molar-refractivity contribution >= 4 is 0 Å². The van der Waals surface area contributed by atoms with Gasteiger partial charge in [0, 0.05) is 17.4 Å². The summed E-state index contributed by atoms with van der Waals surface area (Å²) in [6.07, 6.45) is 5.41. The second-order valence-corrected chi connectivity index (χ2v) is 6.25. The highest BCUT2D eigenvalue weighted by atomic mass is 16.5. The Morgan fingerprint density at radius 3 is 2.78 bits per heavy atom. The van der Waals surface area contributed by atoms with Crippen molar-refractivity contribution in [2.24, 2.45) is 11.8 Å². The van der Waals surface area contributed by atoms with Crippen molar-refractivity contribution in [1.29, 1.82) is 0 Å². The maximum Gasteiger partial charge on any atom is 0.123 e. The van der Waals surface area contributed by atoms with Gasteiger partial charge in [-0.25, -0.2) is 0 Å². The van der Waals surface area contributed by atoms with E-state index >= 15 is 0 Å². The highest BCUT2D eigenvalue weighted by Crippen LogP contribution is 2.61. The third-order valence-corrected chi connectivity index (χ3v) is 5.41. The summed E-state index contributed by atoms with van der Waals surface area (Å²) >= 11 is 0. The molecule has 1 aromatic carbocycles. The van der Waals surface area contributed by atoms with Gasteiger partial charge in [-0.05, 0) is 56.7 Å². The van der Waals surface area contributed by atoms with Gasteiger partial charge in [-0.15, -0.1) is 0 Å². The summed E-state index contributed by atoms with van der Waals surface area (Å²) in [6, 6.07) is 4.63. The van der Waals surface area contributed by atoms with Crippen molar-refractivity contribution in [3.63, 3.8) is 0 Å². The molecule has 1 nitrogen and oxygen atoms in total. The number of aryl methyl sites for hydroxylation is 2. The van der Waals surface area contributed by atoms with Crippen LogP contribution in [0.2, 0.25) is 0 Å². The Balaban J connectivity index is 1.80. The van der Waals surface area contributed by atoms with Crippen LogP contribution < -0.4 is 4.74 Å². The van der Waals surface area contributed by atoms with E-state index in [1.165, 1.54) is 35.3 Å². The first-order chi connectivity index (χ1) is 8.69. The van der Waals surface area contributed by atoms with Crippen LogP contribution in [0.4, 0.5) is 0 Å². The van der Waals surface area contributed by atoms with Crippen molar-refractivity contribution in [3.8, 4) is 5.75 Å². The molecular formula is C17H20O. The number of fused-ring (bicyclic) bond motifs is 7. The molecule has 3 aliphatic rings. The molecule has 2 aliphatic carbocycles. The Labute approximate surface area is 109 Å². The van der Waals surface area contributed by atoms with Crippen LogP contribution in [0.15, 0.2) is 23.8 Å². The zero-order chi connectivity index (χ0) is 12.4. The first kappa shape index (κ1) is 10.7. The van der Waals surface area contributed by atoms with Crippen LogP contribution in [0.5, 0.6) is 5.75 Å². The maximum absolute atomic E-state index is 6.29. The Hall–Kier alpha value is -1.24. The van der Waals surface area contributed by atoms with Crippen molar-refractivity contribution < 1.29 is 4.74 Å². The minimum Gasteiger partial charge on any atom is -0.489 e. The highest BCUT2D eigenvalue weighted by Gasteiger charge is 2.55. The van der Waals surface area contributed by atoms with Gasteiger partial charge >= 0.3 is 0 Å². The summed E-state index contributed by atoms with van der Waals surface area (Å²) in [4.78, 5) is 0. The molecule has 2 saturated carbocycles. The normalized spacial score (nSPS) is 37.8. The summed E-state index contributed by atoms with van der Waals surface area (Å²) in [5.74, 6) is 3.36. The molecule has 1 aliphatic heterocycles. The molecule has 0 N–H and O–H groups in total. The lowest BCUT2D eigenvalue weighted by molar-refractivity contribution is 0.172. The summed E-state index contributed by atoms with van der Waals surface area (Å²) in [6.45, 7) is 6.58. The number of hydrogen-bond donors (Lipinski definition) is 0. The molecule has 1 aromatic rings. The van der Waals surface area contributed by atoms with Crippen LogP contribution in [0.3, 0.4) is 0 Å². The summed E-state index contributed by atoms with van der Waals surface area (Å²) < 4.78 is 6.29. The van der Waals surface area contributed by atoms with Crippen LogP contribution in [-0.2, 0) is 0 Å². The highest BCUT2D eigenvalue weighted by molar-refractivity contribution is 5.50. The average Bonchev–Trinajstić information content (AvgIpc) is 2.99. The second-order valence-electron chi connectivity index (χ2n) is 6.25. The quantitative estimate of drug-likeness (QED) is 0.619. The first-order valence-electron chi connectivity index (χ1n) is 7.12. The zero-order valence-corrected chi connectivity index (χ0v) is 11.4. The molecule has 0 radical (unpaired) electrons. The predicted octanol–water partition coefficient (Wildman–Crippen LogP) is 4.13. The van der Waals surface area contributed by atoms with Gasteiger partial charge in [-0.1, -0.05) is 17.7 Å². The average molecular weight is 240 g/mol. The van der Waals surface area contributed by atoms with Gasteiger partial charge in [0.05, 0.1) is 0 Å². The van der Waals surface area contributed by atoms with E-state index in [0.717, 1.165) is 5.92 Å². The molecule has 4 atom stereocenters. The molecule has 0 aromatic heterocycles. The predicted molar refractivity (Wildman–Crippen MR) is 73.0 cm³/mol. The van der Waals surface area contributed by atoms with Gasteiger partial charge in [0.2, 0.25) is 0 Å². The number of allylic oxidation sites excluding steroid dienone is 1. The molecule has 2 bridgehead atoms. The van der Waals surface area contributed by atoms with Crippen LogP contribution in [0.1, 0.15) is 42.4 Å². The zero-order valence-electron chi connectivity index (χ0n) is 11.4. The standard InChI is InChI=1S/C17H20O/c1-4-11-7-12-8-13(11)17-16(12)14-5-9(2)10(3)6-15(14)18-17/h4-6,12-13,16-17H,7-8H2,1-3H3. The van der Waals surface area contributed by atoms with E-state index in [1.54, 1.807) is 5.57 Å². The van der Waals surface area contributed by atoms with E-state index in [2.05, 4.69) is 39.0 Å². The summed E-state index contributed by atoms with van der Waals surface area (Å²) in [5.41, 5.74) is 5.90. The van der Waals surface area contributed by atoms with E-state index in [4.69, 9.17) is 4.74 Å². The van der Waals surface area contributed by atoms with Gasteiger partial charge in [0.15, 0.2) is 0 Å². The van der Waals surface area contributed by atoms with Crippen molar-refractivity contribution in [2.45, 2.75) is 45.6 Å². The fourth-order valence-corrected chi connectivity index (χ4v) is 4.39. The fraction of sp³-hybridized carbons (Fsp3) is 0.529. The van der Waals surface area contributed by atoms with Crippen molar-refractivity contribution in [2.75, 3.05) is 0 Å². The molecule has 2 fully saturated rings. The van der Waals surface area contributed by atoms with Crippen LogP contribution in [0, 0.1) is 25.7 Å². The van der Waals surface area contributed by atoms with Crippen LogP contribution in [-0.4, -0.2) is 6.10 Å². The van der Waals surface area contributed by atoms with Gasteiger partial charge in [0.25, 0.3) is 0 Å². The third-order valence-electron chi connectivity index (χ3n) is 5.41. The first-order valence-corrected chi connectivity index (χ1v) is 7.12. The van der Waals surface area contributed by atoms with E-state index in [-0.39, 0.29) is 0 Å². The van der Waals surface area contributed by atoms with E-state index in [1.807, 2.05) is 0 Å². The van der Waals surface area contributed by atoms with Crippen molar-refractivity contribution in [1.82, 2.24) is 0 Å². The second kappa shape index (κ2) is 3.40. The van der Waals surface area contributed by atoms with E-state index < -0.39 is 0 Å². The minimum atomic E-state index is 0.436. The topological polar surface area (TPSA) is 9.23 Å². The SMILES string of the molecule is CC=C1CC2CC1C1Oc3cc(C)c(C)cc3C21. The number of ether oxygens (including phenoxy) is 1. The molecule has 0 amide bonds. The molecule has 0 saturated heterocycles. The number of benzene rings is 1. The maximum atomic E-state index is 6.29.